The molecule has 3 nitrogen and oxygen atoms in total. The SMILES string of the molecule is Cc1ccc(C2(NC(=O)NCCc3ccc(F)cc3)CC2)cc1. The predicted molar refractivity (Wildman–Crippen MR) is 88.7 cm³/mol. The van der Waals surface area contributed by atoms with Gasteiger partial charge >= 0.3 is 6.03 Å². The van der Waals surface area contributed by atoms with E-state index in [1.807, 2.05) is 0 Å². The molecule has 0 saturated heterocycles. The van der Waals surface area contributed by atoms with Crippen molar-refractivity contribution in [2.45, 2.75) is 31.7 Å². The van der Waals surface area contributed by atoms with E-state index in [1.165, 1.54) is 17.7 Å². The van der Waals surface area contributed by atoms with Crippen LogP contribution in [0.4, 0.5) is 9.18 Å². The highest BCUT2D eigenvalue weighted by atomic mass is 19.1. The number of hydrogen-bond acceptors (Lipinski definition) is 1. The van der Waals surface area contributed by atoms with Crippen molar-refractivity contribution >= 4 is 6.03 Å². The summed E-state index contributed by atoms with van der Waals surface area (Å²) in [6.07, 6.45) is 2.63. The maximum Gasteiger partial charge on any atom is 0.315 e. The Balaban J connectivity index is 1.49. The summed E-state index contributed by atoms with van der Waals surface area (Å²) in [5.41, 5.74) is 3.18. The summed E-state index contributed by atoms with van der Waals surface area (Å²) in [7, 11) is 0. The lowest BCUT2D eigenvalue weighted by Gasteiger charge is -2.18. The molecule has 2 amide bonds. The first kappa shape index (κ1) is 15.5. The van der Waals surface area contributed by atoms with Gasteiger partial charge in [-0.2, -0.15) is 0 Å². The fourth-order valence-corrected chi connectivity index (χ4v) is 2.72. The zero-order valence-corrected chi connectivity index (χ0v) is 13.2. The highest BCUT2D eigenvalue weighted by molar-refractivity contribution is 5.75. The Morgan fingerprint density at radius 2 is 1.74 bits per heavy atom. The van der Waals surface area contributed by atoms with Gasteiger partial charge in [0.25, 0.3) is 0 Å². The Morgan fingerprint density at radius 3 is 2.35 bits per heavy atom. The molecule has 0 heterocycles. The highest BCUT2D eigenvalue weighted by Crippen LogP contribution is 2.45. The van der Waals surface area contributed by atoms with E-state index in [0.717, 1.165) is 24.0 Å². The lowest BCUT2D eigenvalue weighted by molar-refractivity contribution is 0.236. The fourth-order valence-electron chi connectivity index (χ4n) is 2.72. The van der Waals surface area contributed by atoms with E-state index < -0.39 is 0 Å². The smallest absolute Gasteiger partial charge is 0.315 e. The number of rotatable bonds is 5. The van der Waals surface area contributed by atoms with Crippen LogP contribution in [0.3, 0.4) is 0 Å². The minimum absolute atomic E-state index is 0.148. The monoisotopic (exact) mass is 312 g/mol. The second kappa shape index (κ2) is 6.41. The third kappa shape index (κ3) is 3.89. The molecule has 0 radical (unpaired) electrons. The van der Waals surface area contributed by atoms with Gasteiger partial charge in [0, 0.05) is 6.54 Å². The molecule has 1 fully saturated rings. The summed E-state index contributed by atoms with van der Waals surface area (Å²) in [4.78, 5) is 12.1. The Labute approximate surface area is 135 Å². The second-order valence-electron chi connectivity index (χ2n) is 6.21. The van der Waals surface area contributed by atoms with E-state index in [-0.39, 0.29) is 17.4 Å². The van der Waals surface area contributed by atoms with E-state index in [1.54, 1.807) is 12.1 Å². The molecule has 2 aromatic carbocycles. The van der Waals surface area contributed by atoms with Crippen molar-refractivity contribution in [2.24, 2.45) is 0 Å². The number of urea groups is 1. The van der Waals surface area contributed by atoms with Gasteiger partial charge in [0.05, 0.1) is 5.54 Å². The third-order valence-corrected chi connectivity index (χ3v) is 4.32. The first-order valence-electron chi connectivity index (χ1n) is 7.95. The normalized spacial score (nSPS) is 15.0. The van der Waals surface area contributed by atoms with Gasteiger partial charge in [0.2, 0.25) is 0 Å². The van der Waals surface area contributed by atoms with Gasteiger partial charge in [-0.25, -0.2) is 9.18 Å². The van der Waals surface area contributed by atoms with Gasteiger partial charge in [0.15, 0.2) is 0 Å². The van der Waals surface area contributed by atoms with Crippen LogP contribution in [-0.2, 0) is 12.0 Å². The van der Waals surface area contributed by atoms with E-state index in [2.05, 4.69) is 41.8 Å². The number of aryl methyl sites for hydroxylation is 1. The largest absolute Gasteiger partial charge is 0.338 e. The van der Waals surface area contributed by atoms with Crippen molar-refractivity contribution in [3.8, 4) is 0 Å². The van der Waals surface area contributed by atoms with Gasteiger partial charge < -0.3 is 10.6 Å². The first-order valence-corrected chi connectivity index (χ1v) is 7.95. The number of hydrogen-bond donors (Lipinski definition) is 2. The highest BCUT2D eigenvalue weighted by Gasteiger charge is 2.45. The molecule has 0 atom stereocenters. The molecule has 2 aromatic rings. The molecule has 1 saturated carbocycles. The Bertz CT molecular complexity index is 676. The van der Waals surface area contributed by atoms with Crippen LogP contribution in [0, 0.1) is 12.7 Å². The quantitative estimate of drug-likeness (QED) is 0.869. The number of benzene rings is 2. The fraction of sp³-hybridized carbons (Fsp3) is 0.316. The van der Waals surface area contributed by atoms with Crippen molar-refractivity contribution < 1.29 is 9.18 Å². The summed E-state index contributed by atoms with van der Waals surface area (Å²) in [6, 6.07) is 14.5. The molecule has 23 heavy (non-hydrogen) atoms. The number of carbonyl (C=O) groups is 1. The molecule has 0 bridgehead atoms. The maximum absolute atomic E-state index is 12.8. The summed E-state index contributed by atoms with van der Waals surface area (Å²) >= 11 is 0. The van der Waals surface area contributed by atoms with Crippen LogP contribution in [0.25, 0.3) is 0 Å². The Kier molecular flexibility index (Phi) is 4.33. The van der Waals surface area contributed by atoms with Crippen LogP contribution < -0.4 is 10.6 Å². The number of carbonyl (C=O) groups excluding carboxylic acids is 1. The van der Waals surface area contributed by atoms with Crippen molar-refractivity contribution in [1.82, 2.24) is 10.6 Å². The van der Waals surface area contributed by atoms with E-state index >= 15 is 0 Å². The number of amides is 2. The molecule has 3 rings (SSSR count). The van der Waals surface area contributed by atoms with Gasteiger partial charge in [-0.3, -0.25) is 0 Å². The van der Waals surface area contributed by atoms with Crippen LogP contribution in [0.2, 0.25) is 0 Å². The molecular weight excluding hydrogens is 291 g/mol. The molecule has 1 aliphatic rings. The summed E-state index contributed by atoms with van der Waals surface area (Å²) in [5.74, 6) is -0.242. The van der Waals surface area contributed by atoms with Crippen LogP contribution in [0.5, 0.6) is 0 Å². The van der Waals surface area contributed by atoms with Crippen molar-refractivity contribution in [3.63, 3.8) is 0 Å². The summed E-state index contributed by atoms with van der Waals surface area (Å²) in [6.45, 7) is 2.58. The van der Waals surface area contributed by atoms with Gasteiger partial charge in [0.1, 0.15) is 5.82 Å². The standard InChI is InChI=1S/C19H21FN2O/c1-14-2-6-16(7-3-14)19(11-12-19)22-18(23)21-13-10-15-4-8-17(20)9-5-15/h2-9H,10-13H2,1H3,(H2,21,22,23). The van der Waals surface area contributed by atoms with Crippen LogP contribution in [0.1, 0.15) is 29.5 Å². The predicted octanol–water partition coefficient (Wildman–Crippen LogP) is 3.67. The number of nitrogens with one attached hydrogen (secondary N) is 2. The van der Waals surface area contributed by atoms with Crippen LogP contribution in [0.15, 0.2) is 48.5 Å². The van der Waals surface area contributed by atoms with E-state index in [4.69, 9.17) is 0 Å². The molecule has 120 valence electrons. The van der Waals surface area contributed by atoms with Gasteiger partial charge in [-0.15, -0.1) is 0 Å². The molecule has 0 unspecified atom stereocenters. The van der Waals surface area contributed by atoms with E-state index in [9.17, 15) is 9.18 Å². The molecule has 0 aliphatic heterocycles. The first-order chi connectivity index (χ1) is 11.1. The lowest BCUT2D eigenvalue weighted by atomic mass is 10.0. The van der Waals surface area contributed by atoms with Crippen molar-refractivity contribution in [2.75, 3.05) is 6.54 Å². The lowest BCUT2D eigenvalue weighted by Crippen LogP contribution is -2.42. The molecule has 4 heteroatoms. The summed E-state index contributed by atoms with van der Waals surface area (Å²) in [5, 5.41) is 5.97. The zero-order valence-electron chi connectivity index (χ0n) is 13.2. The van der Waals surface area contributed by atoms with Crippen molar-refractivity contribution in [1.29, 1.82) is 0 Å². The molecular formula is C19H21FN2O. The van der Waals surface area contributed by atoms with Gasteiger partial charge in [-0.1, -0.05) is 42.0 Å². The molecule has 1 aliphatic carbocycles. The Morgan fingerprint density at radius 1 is 1.09 bits per heavy atom. The van der Waals surface area contributed by atoms with Crippen LogP contribution >= 0.6 is 0 Å². The average molecular weight is 312 g/mol. The molecule has 2 N–H and O–H groups in total. The molecule has 0 aromatic heterocycles. The number of halogens is 1. The van der Waals surface area contributed by atoms with E-state index in [0.29, 0.717) is 13.0 Å². The zero-order chi connectivity index (χ0) is 16.3. The second-order valence-corrected chi connectivity index (χ2v) is 6.21. The molecule has 0 spiro atoms. The Hall–Kier alpha value is -2.36. The average Bonchev–Trinajstić information content (AvgIpc) is 3.30. The van der Waals surface area contributed by atoms with Crippen molar-refractivity contribution in [3.05, 3.63) is 71.0 Å². The minimum atomic E-state index is -0.242. The summed E-state index contributed by atoms with van der Waals surface area (Å²) < 4.78 is 12.8. The minimum Gasteiger partial charge on any atom is -0.338 e. The third-order valence-electron chi connectivity index (χ3n) is 4.32. The topological polar surface area (TPSA) is 41.1 Å². The maximum atomic E-state index is 12.8. The van der Waals surface area contributed by atoms with Crippen LogP contribution in [-0.4, -0.2) is 12.6 Å². The van der Waals surface area contributed by atoms with Gasteiger partial charge in [-0.05, 0) is 49.4 Å².